The van der Waals surface area contributed by atoms with Gasteiger partial charge in [0.2, 0.25) is 0 Å². The normalized spacial score (nSPS) is 12.1. The van der Waals surface area contributed by atoms with Crippen molar-refractivity contribution in [2.24, 2.45) is 0 Å². The number of ether oxygens (including phenoxy) is 3. The molecule has 424 valence electrons. The van der Waals surface area contributed by atoms with Crippen LogP contribution in [0, 0.1) is 0 Å². The number of hydrogen-bond donors (Lipinski definition) is 0. The van der Waals surface area contributed by atoms with E-state index in [4.69, 9.17) is 14.2 Å². The fourth-order valence-electron chi connectivity index (χ4n) is 9.83. The first kappa shape index (κ1) is 69.9. The molecule has 0 heterocycles. The fourth-order valence-corrected chi connectivity index (χ4v) is 9.83. The van der Waals surface area contributed by atoms with Gasteiger partial charge >= 0.3 is 17.9 Å². The van der Waals surface area contributed by atoms with E-state index >= 15 is 0 Å². The summed E-state index contributed by atoms with van der Waals surface area (Å²) in [5, 5.41) is 0. The summed E-state index contributed by atoms with van der Waals surface area (Å²) in [4.78, 5) is 38.2. The second kappa shape index (κ2) is 61.4. The highest BCUT2D eigenvalue weighted by Crippen LogP contribution is 2.18. The molecular formula is C66H124O6. The number of esters is 3. The lowest BCUT2D eigenvalue weighted by Gasteiger charge is -2.18. The molecule has 0 fully saturated rings. The second-order valence-electron chi connectivity index (χ2n) is 22.0. The van der Waals surface area contributed by atoms with Crippen molar-refractivity contribution in [3.05, 3.63) is 24.3 Å². The third kappa shape index (κ3) is 58.8. The van der Waals surface area contributed by atoms with Gasteiger partial charge in [0.05, 0.1) is 0 Å². The number of allylic oxidation sites excluding steroid dienone is 4. The minimum Gasteiger partial charge on any atom is -0.462 e. The van der Waals surface area contributed by atoms with Crippen LogP contribution in [0.2, 0.25) is 0 Å². The molecule has 0 spiro atoms. The highest BCUT2D eigenvalue weighted by Gasteiger charge is 2.19. The molecule has 6 heteroatoms. The van der Waals surface area contributed by atoms with Crippen molar-refractivity contribution in [1.29, 1.82) is 0 Å². The van der Waals surface area contributed by atoms with Crippen LogP contribution in [-0.4, -0.2) is 37.2 Å². The quantitative estimate of drug-likeness (QED) is 0.0261. The number of rotatable bonds is 60. The van der Waals surface area contributed by atoms with Gasteiger partial charge in [-0.25, -0.2) is 0 Å². The van der Waals surface area contributed by atoms with Gasteiger partial charge in [-0.2, -0.15) is 0 Å². The molecule has 1 unspecified atom stereocenters. The maximum Gasteiger partial charge on any atom is 0.306 e. The van der Waals surface area contributed by atoms with Gasteiger partial charge in [0.1, 0.15) is 13.2 Å². The smallest absolute Gasteiger partial charge is 0.306 e. The van der Waals surface area contributed by atoms with Crippen LogP contribution in [0.3, 0.4) is 0 Å². The lowest BCUT2D eigenvalue weighted by molar-refractivity contribution is -0.167. The van der Waals surface area contributed by atoms with Crippen molar-refractivity contribution in [2.75, 3.05) is 13.2 Å². The van der Waals surface area contributed by atoms with E-state index in [1.807, 2.05) is 0 Å². The first-order valence-electron chi connectivity index (χ1n) is 32.3. The minimum absolute atomic E-state index is 0.0689. The van der Waals surface area contributed by atoms with Gasteiger partial charge < -0.3 is 14.2 Å². The SMILES string of the molecule is CCCCC/C=C\C/C=C\CCCCCCCCCC(=O)OC(COC(=O)CCCCCCCCCCCC)COC(=O)CCCCCCCCCCCCCCCCCCCCCCCCCCCCC. The van der Waals surface area contributed by atoms with Gasteiger partial charge in [-0.1, -0.05) is 315 Å². The Hall–Kier alpha value is -2.11. The summed E-state index contributed by atoms with van der Waals surface area (Å²) in [7, 11) is 0. The fraction of sp³-hybridized carbons (Fsp3) is 0.894. The van der Waals surface area contributed by atoms with Crippen molar-refractivity contribution in [3.63, 3.8) is 0 Å². The van der Waals surface area contributed by atoms with E-state index in [2.05, 4.69) is 45.1 Å². The van der Waals surface area contributed by atoms with E-state index in [0.29, 0.717) is 19.3 Å². The van der Waals surface area contributed by atoms with E-state index in [1.54, 1.807) is 0 Å². The molecule has 0 aliphatic carbocycles. The molecule has 0 saturated heterocycles. The van der Waals surface area contributed by atoms with Gasteiger partial charge in [-0.05, 0) is 51.4 Å². The maximum absolute atomic E-state index is 12.9. The third-order valence-corrected chi connectivity index (χ3v) is 14.7. The molecule has 0 saturated carbocycles. The highest BCUT2D eigenvalue weighted by molar-refractivity contribution is 5.71. The molecular weight excluding hydrogens is 889 g/mol. The summed E-state index contributed by atoms with van der Waals surface area (Å²) in [5.41, 5.74) is 0. The van der Waals surface area contributed by atoms with Crippen LogP contribution in [0.5, 0.6) is 0 Å². The van der Waals surface area contributed by atoms with Gasteiger partial charge in [0.25, 0.3) is 0 Å². The Kier molecular flexibility index (Phi) is 59.6. The van der Waals surface area contributed by atoms with Crippen LogP contribution in [0.1, 0.15) is 361 Å². The molecule has 1 atom stereocenters. The molecule has 0 aromatic heterocycles. The van der Waals surface area contributed by atoms with Gasteiger partial charge in [0, 0.05) is 19.3 Å². The summed E-state index contributed by atoms with van der Waals surface area (Å²) in [6.45, 7) is 6.66. The average Bonchev–Trinajstić information content (AvgIpc) is 3.38. The topological polar surface area (TPSA) is 78.9 Å². The molecule has 0 radical (unpaired) electrons. The molecule has 0 amide bonds. The number of unbranched alkanes of at least 4 members (excludes halogenated alkanes) is 45. The molecule has 0 aromatic carbocycles. The Morgan fingerprint density at radius 2 is 0.500 bits per heavy atom. The van der Waals surface area contributed by atoms with Crippen molar-refractivity contribution >= 4 is 17.9 Å². The Morgan fingerprint density at radius 1 is 0.278 bits per heavy atom. The zero-order valence-electron chi connectivity index (χ0n) is 48.7. The third-order valence-electron chi connectivity index (χ3n) is 14.7. The monoisotopic (exact) mass is 1010 g/mol. The van der Waals surface area contributed by atoms with Crippen LogP contribution in [-0.2, 0) is 28.6 Å². The van der Waals surface area contributed by atoms with E-state index in [9.17, 15) is 14.4 Å². The van der Waals surface area contributed by atoms with Crippen molar-refractivity contribution < 1.29 is 28.6 Å². The lowest BCUT2D eigenvalue weighted by Crippen LogP contribution is -2.30. The predicted molar refractivity (Wildman–Crippen MR) is 312 cm³/mol. The zero-order valence-corrected chi connectivity index (χ0v) is 48.7. The summed E-state index contributed by atoms with van der Waals surface area (Å²) in [6.07, 6.45) is 73.5. The van der Waals surface area contributed by atoms with Crippen molar-refractivity contribution in [1.82, 2.24) is 0 Å². The van der Waals surface area contributed by atoms with Crippen LogP contribution in [0.15, 0.2) is 24.3 Å². The Labute approximate surface area is 449 Å². The van der Waals surface area contributed by atoms with E-state index < -0.39 is 6.10 Å². The van der Waals surface area contributed by atoms with Gasteiger partial charge in [0.15, 0.2) is 6.10 Å². The van der Waals surface area contributed by atoms with Crippen molar-refractivity contribution in [3.8, 4) is 0 Å². The largest absolute Gasteiger partial charge is 0.462 e. The molecule has 0 aromatic rings. The van der Waals surface area contributed by atoms with Crippen LogP contribution in [0.4, 0.5) is 0 Å². The number of carbonyl (C=O) groups is 3. The maximum atomic E-state index is 12.9. The Bertz CT molecular complexity index is 1160. The first-order chi connectivity index (χ1) is 35.5. The lowest BCUT2D eigenvalue weighted by atomic mass is 10.0. The van der Waals surface area contributed by atoms with E-state index in [-0.39, 0.29) is 31.1 Å². The van der Waals surface area contributed by atoms with Crippen LogP contribution >= 0.6 is 0 Å². The molecule has 6 nitrogen and oxygen atoms in total. The summed E-state index contributed by atoms with van der Waals surface area (Å²) in [6, 6.07) is 0. The van der Waals surface area contributed by atoms with E-state index in [1.165, 1.54) is 250 Å². The predicted octanol–water partition coefficient (Wildman–Crippen LogP) is 21.8. The molecule has 0 N–H and O–H groups in total. The zero-order chi connectivity index (χ0) is 52.2. The Morgan fingerprint density at radius 3 is 0.792 bits per heavy atom. The average molecular weight is 1010 g/mol. The first-order valence-corrected chi connectivity index (χ1v) is 32.3. The molecule has 0 aliphatic heterocycles. The van der Waals surface area contributed by atoms with E-state index in [0.717, 1.165) is 70.6 Å². The molecule has 0 bridgehead atoms. The number of hydrogen-bond acceptors (Lipinski definition) is 6. The summed E-state index contributed by atoms with van der Waals surface area (Å²) < 4.78 is 16.9. The van der Waals surface area contributed by atoms with Crippen LogP contribution in [0.25, 0.3) is 0 Å². The Balaban J connectivity index is 4.13. The molecule has 0 rings (SSSR count). The molecule has 0 aliphatic rings. The standard InChI is InChI=1S/C66H124O6/c1-4-7-10-13-16-19-22-24-26-28-29-30-31-32-33-34-35-36-37-39-40-42-44-47-50-53-56-59-65(68)71-62-63(61-70-64(67)58-55-52-49-46-21-18-15-12-9-6-3)72-66(69)60-57-54-51-48-45-43-41-38-27-25-23-20-17-14-11-8-5-2/h17,20,25,27,63H,4-16,18-19,21-24,26,28-62H2,1-3H3/b20-17-,27-25-. The van der Waals surface area contributed by atoms with Crippen LogP contribution < -0.4 is 0 Å². The molecule has 72 heavy (non-hydrogen) atoms. The van der Waals surface area contributed by atoms with Crippen molar-refractivity contribution in [2.45, 2.75) is 367 Å². The van der Waals surface area contributed by atoms with Gasteiger partial charge in [-0.15, -0.1) is 0 Å². The summed E-state index contributed by atoms with van der Waals surface area (Å²) in [5.74, 6) is -0.854. The second-order valence-corrected chi connectivity index (χ2v) is 22.0. The highest BCUT2D eigenvalue weighted by atomic mass is 16.6. The number of carbonyl (C=O) groups excluding carboxylic acids is 3. The minimum atomic E-state index is -0.771. The van der Waals surface area contributed by atoms with Gasteiger partial charge in [-0.3, -0.25) is 14.4 Å². The summed E-state index contributed by atoms with van der Waals surface area (Å²) >= 11 is 0.